The second-order valence-corrected chi connectivity index (χ2v) is 9.23. The number of nitrogens with zero attached hydrogens (tertiary/aromatic N) is 3. The fourth-order valence-electron chi connectivity index (χ4n) is 4.43. The van der Waals surface area contributed by atoms with Crippen LogP contribution < -0.4 is 11.3 Å². The van der Waals surface area contributed by atoms with E-state index in [9.17, 15) is 22.8 Å². The van der Waals surface area contributed by atoms with Gasteiger partial charge in [0.05, 0.1) is 29.1 Å². The van der Waals surface area contributed by atoms with Crippen LogP contribution in [0.5, 0.6) is 0 Å². The number of hydrogen-bond donors (Lipinski definition) is 1. The van der Waals surface area contributed by atoms with Crippen molar-refractivity contribution in [3.63, 3.8) is 0 Å². The molecule has 2 N–H and O–H groups in total. The highest BCUT2D eigenvalue weighted by molar-refractivity contribution is 6.31. The van der Waals surface area contributed by atoms with Crippen LogP contribution in [0.1, 0.15) is 46.7 Å². The molecule has 3 aromatic carbocycles. The highest BCUT2D eigenvalue weighted by Gasteiger charge is 2.32. The summed E-state index contributed by atoms with van der Waals surface area (Å²) < 4.78 is 40.7. The van der Waals surface area contributed by atoms with Gasteiger partial charge in [0.25, 0.3) is 11.5 Å². The lowest BCUT2D eigenvalue weighted by atomic mass is 10.1. The van der Waals surface area contributed by atoms with Crippen LogP contribution in [0.3, 0.4) is 0 Å². The van der Waals surface area contributed by atoms with Crippen molar-refractivity contribution in [2.45, 2.75) is 32.1 Å². The maximum Gasteiger partial charge on any atom is 0.416 e. The molecule has 0 aliphatic heterocycles. The van der Waals surface area contributed by atoms with E-state index >= 15 is 0 Å². The third-order valence-corrected chi connectivity index (χ3v) is 6.52. The first-order valence-corrected chi connectivity index (χ1v) is 12.4. The molecular formula is C28H26ClF3N4O2. The van der Waals surface area contributed by atoms with Crippen molar-refractivity contribution in [3.8, 4) is 0 Å². The van der Waals surface area contributed by atoms with Gasteiger partial charge in [0.1, 0.15) is 5.82 Å². The molecule has 198 valence electrons. The maximum atomic E-state index is 13.7. The molecule has 1 aromatic heterocycles. The van der Waals surface area contributed by atoms with E-state index in [4.69, 9.17) is 22.3 Å². The first kappa shape index (κ1) is 27.3. The molecule has 1 atom stereocenters. The lowest BCUT2D eigenvalue weighted by molar-refractivity contribution is -0.137. The number of alkyl halides is 3. The highest BCUT2D eigenvalue weighted by Crippen LogP contribution is 2.31. The molecule has 0 bridgehead atoms. The zero-order chi connectivity index (χ0) is 27.4. The molecule has 38 heavy (non-hydrogen) atoms. The minimum absolute atomic E-state index is 0.0747. The number of halogens is 4. The number of rotatable bonds is 8. The van der Waals surface area contributed by atoms with Crippen molar-refractivity contribution in [1.29, 1.82) is 0 Å². The second kappa shape index (κ2) is 11.4. The number of benzene rings is 3. The largest absolute Gasteiger partial charge is 0.416 e. The van der Waals surface area contributed by atoms with Crippen LogP contribution in [0, 0.1) is 0 Å². The van der Waals surface area contributed by atoms with Gasteiger partial charge >= 0.3 is 6.18 Å². The molecule has 0 aliphatic carbocycles. The molecule has 0 aliphatic rings. The normalized spacial score (nSPS) is 12.5. The van der Waals surface area contributed by atoms with Crippen molar-refractivity contribution < 1.29 is 18.0 Å². The Balaban J connectivity index is 1.85. The summed E-state index contributed by atoms with van der Waals surface area (Å²) in [6, 6.07) is 17.5. The van der Waals surface area contributed by atoms with Crippen LogP contribution in [0.4, 0.5) is 13.2 Å². The van der Waals surface area contributed by atoms with E-state index in [2.05, 4.69) is 0 Å². The van der Waals surface area contributed by atoms with Crippen molar-refractivity contribution >= 4 is 28.4 Å². The fraction of sp³-hybridized carbons (Fsp3) is 0.250. The van der Waals surface area contributed by atoms with Crippen LogP contribution in [0.25, 0.3) is 10.9 Å². The van der Waals surface area contributed by atoms with E-state index in [0.29, 0.717) is 28.2 Å². The van der Waals surface area contributed by atoms with Crippen LogP contribution in [0.2, 0.25) is 5.02 Å². The Morgan fingerprint density at radius 3 is 2.37 bits per heavy atom. The summed E-state index contributed by atoms with van der Waals surface area (Å²) in [6.07, 6.45) is -4.14. The second-order valence-electron chi connectivity index (χ2n) is 8.79. The number of nitrogens with two attached hydrogens (primary N) is 1. The van der Waals surface area contributed by atoms with E-state index < -0.39 is 23.7 Å². The van der Waals surface area contributed by atoms with Gasteiger partial charge in [0.2, 0.25) is 0 Å². The Kier molecular flexibility index (Phi) is 8.18. The van der Waals surface area contributed by atoms with Crippen LogP contribution >= 0.6 is 11.6 Å². The van der Waals surface area contributed by atoms with Crippen LogP contribution in [-0.2, 0) is 12.7 Å². The third-order valence-electron chi connectivity index (χ3n) is 6.28. The third kappa shape index (κ3) is 5.74. The van der Waals surface area contributed by atoms with Crippen molar-refractivity contribution in [2.75, 3.05) is 13.1 Å². The quantitative estimate of drug-likeness (QED) is 0.311. The molecule has 0 spiro atoms. The minimum Gasteiger partial charge on any atom is -0.329 e. The summed E-state index contributed by atoms with van der Waals surface area (Å²) in [5, 5.41) is 0.784. The molecule has 6 nitrogen and oxygen atoms in total. The Morgan fingerprint density at radius 1 is 1.08 bits per heavy atom. The Bertz CT molecular complexity index is 1490. The monoisotopic (exact) mass is 542 g/mol. The summed E-state index contributed by atoms with van der Waals surface area (Å²) in [4.78, 5) is 33.5. The number of carbonyl (C=O) groups excluding carboxylic acids is 1. The average molecular weight is 543 g/mol. The smallest absolute Gasteiger partial charge is 0.329 e. The molecule has 0 fully saturated rings. The molecule has 10 heteroatoms. The van der Waals surface area contributed by atoms with Gasteiger partial charge in [-0.1, -0.05) is 48.9 Å². The van der Waals surface area contributed by atoms with E-state index in [1.54, 1.807) is 18.2 Å². The van der Waals surface area contributed by atoms with Gasteiger partial charge in [-0.15, -0.1) is 0 Å². The van der Waals surface area contributed by atoms with Gasteiger partial charge in [-0.05, 0) is 54.4 Å². The Morgan fingerprint density at radius 2 is 1.76 bits per heavy atom. The lowest BCUT2D eigenvalue weighted by Gasteiger charge is -2.32. The Labute approximate surface area is 222 Å². The molecule has 0 saturated heterocycles. The van der Waals surface area contributed by atoms with E-state index in [1.165, 1.54) is 9.47 Å². The SMILES string of the molecule is CCC(c1nc2cc(Cl)ccc2c(=O)n1Cc1ccccc1)N(CCN)C(=O)c1ccc(C(F)(F)F)cc1. The standard InChI is InChI=1S/C28H26ClF3N4O2/c1-2-24(35(15-14-33)26(37)19-8-10-20(11-9-19)28(30,31)32)25-34-23-16-21(29)12-13-22(23)27(38)36(25)17-18-6-4-3-5-7-18/h3-13,16,24H,2,14-15,17,33H2,1H3. The van der Waals surface area contributed by atoms with Gasteiger partial charge in [0.15, 0.2) is 0 Å². The van der Waals surface area contributed by atoms with Crippen LogP contribution in [0.15, 0.2) is 77.6 Å². The molecule has 1 heterocycles. The number of hydrogen-bond acceptors (Lipinski definition) is 4. The van der Waals surface area contributed by atoms with Gasteiger partial charge in [0, 0.05) is 23.7 Å². The van der Waals surface area contributed by atoms with E-state index in [1.807, 2.05) is 37.3 Å². The first-order chi connectivity index (χ1) is 18.1. The molecular weight excluding hydrogens is 517 g/mol. The summed E-state index contributed by atoms with van der Waals surface area (Å²) in [7, 11) is 0. The topological polar surface area (TPSA) is 81.2 Å². The fourth-order valence-corrected chi connectivity index (χ4v) is 4.60. The highest BCUT2D eigenvalue weighted by atomic mass is 35.5. The zero-order valence-electron chi connectivity index (χ0n) is 20.6. The summed E-state index contributed by atoms with van der Waals surface area (Å²) >= 11 is 6.18. The number of amides is 1. The number of carbonyl (C=O) groups is 1. The van der Waals surface area contributed by atoms with E-state index in [-0.39, 0.29) is 30.8 Å². The Hall–Kier alpha value is -3.69. The lowest BCUT2D eigenvalue weighted by Crippen LogP contribution is -2.41. The molecule has 1 amide bonds. The molecule has 4 aromatic rings. The summed E-state index contributed by atoms with van der Waals surface area (Å²) in [5.41, 5.74) is 6.03. The molecule has 0 saturated carbocycles. The zero-order valence-corrected chi connectivity index (χ0v) is 21.3. The molecule has 4 rings (SSSR count). The average Bonchev–Trinajstić information content (AvgIpc) is 2.90. The maximum absolute atomic E-state index is 13.7. The summed E-state index contributed by atoms with van der Waals surface area (Å²) in [6.45, 7) is 2.26. The van der Waals surface area contributed by atoms with Crippen molar-refractivity contribution in [2.24, 2.45) is 5.73 Å². The van der Waals surface area contributed by atoms with E-state index in [0.717, 1.165) is 29.8 Å². The van der Waals surface area contributed by atoms with Gasteiger partial charge in [-0.25, -0.2) is 4.98 Å². The van der Waals surface area contributed by atoms with Crippen LogP contribution in [-0.4, -0.2) is 33.4 Å². The minimum atomic E-state index is -4.52. The van der Waals surface area contributed by atoms with Crippen molar-refractivity contribution in [1.82, 2.24) is 14.5 Å². The predicted molar refractivity (Wildman–Crippen MR) is 141 cm³/mol. The molecule has 1 unspecified atom stereocenters. The first-order valence-electron chi connectivity index (χ1n) is 12.1. The number of fused-ring (bicyclic) bond motifs is 1. The van der Waals surface area contributed by atoms with Gasteiger partial charge < -0.3 is 10.6 Å². The van der Waals surface area contributed by atoms with Gasteiger partial charge in [-0.3, -0.25) is 14.2 Å². The number of aromatic nitrogens is 2. The molecule has 0 radical (unpaired) electrons. The summed E-state index contributed by atoms with van der Waals surface area (Å²) in [5.74, 6) is -0.174. The van der Waals surface area contributed by atoms with Gasteiger partial charge in [-0.2, -0.15) is 13.2 Å². The van der Waals surface area contributed by atoms with Crippen molar-refractivity contribution in [3.05, 3.63) is 111 Å². The predicted octanol–water partition coefficient (Wildman–Crippen LogP) is 5.67.